The number of amides is 1. The van der Waals surface area contributed by atoms with E-state index in [1.54, 1.807) is 12.3 Å². The quantitative estimate of drug-likeness (QED) is 0.621. The normalized spacial score (nSPS) is 18.6. The molecule has 1 aromatic carbocycles. The molecular formula is C23H18F3N3O2. The molecule has 1 aliphatic carbocycles. The number of pyridine rings is 1. The van der Waals surface area contributed by atoms with Crippen LogP contribution in [-0.4, -0.2) is 34.6 Å². The fraction of sp³-hybridized carbons (Fsp3) is 0.304. The van der Waals surface area contributed by atoms with Crippen LogP contribution in [0.2, 0.25) is 0 Å². The Labute approximate surface area is 175 Å². The summed E-state index contributed by atoms with van der Waals surface area (Å²) in [6, 6.07) is 7.01. The van der Waals surface area contributed by atoms with Crippen molar-refractivity contribution in [3.8, 4) is 22.5 Å². The number of nitrogens with zero attached hydrogens (tertiary/aromatic N) is 1. The van der Waals surface area contributed by atoms with Gasteiger partial charge in [-0.2, -0.15) is 13.2 Å². The van der Waals surface area contributed by atoms with E-state index >= 15 is 0 Å². The van der Waals surface area contributed by atoms with Crippen LogP contribution in [0.25, 0.3) is 22.5 Å². The highest BCUT2D eigenvalue weighted by atomic mass is 19.4. The van der Waals surface area contributed by atoms with Crippen LogP contribution in [0.3, 0.4) is 0 Å². The predicted octanol–water partition coefficient (Wildman–Crippen LogP) is 3.92. The van der Waals surface area contributed by atoms with E-state index in [0.29, 0.717) is 36.5 Å². The van der Waals surface area contributed by atoms with E-state index in [4.69, 9.17) is 4.74 Å². The van der Waals surface area contributed by atoms with Gasteiger partial charge < -0.3 is 15.0 Å². The van der Waals surface area contributed by atoms with Crippen molar-refractivity contribution >= 4 is 5.91 Å². The Hall–Kier alpha value is -3.13. The number of nitrogens with one attached hydrogen (secondary N) is 2. The van der Waals surface area contributed by atoms with Crippen LogP contribution in [0.5, 0.6) is 0 Å². The first kappa shape index (κ1) is 18.6. The molecule has 3 aromatic rings. The highest BCUT2D eigenvalue weighted by Crippen LogP contribution is 2.41. The van der Waals surface area contributed by atoms with Crippen LogP contribution >= 0.6 is 0 Å². The van der Waals surface area contributed by atoms with Crippen molar-refractivity contribution in [2.75, 3.05) is 13.2 Å². The van der Waals surface area contributed by atoms with Gasteiger partial charge in [-0.05, 0) is 42.2 Å². The molecule has 1 saturated heterocycles. The molecule has 0 unspecified atom stereocenters. The first-order valence-corrected chi connectivity index (χ1v) is 10.1. The lowest BCUT2D eigenvalue weighted by atomic mass is 9.83. The van der Waals surface area contributed by atoms with Crippen molar-refractivity contribution in [1.29, 1.82) is 0 Å². The first-order chi connectivity index (χ1) is 14.8. The van der Waals surface area contributed by atoms with Crippen molar-refractivity contribution in [1.82, 2.24) is 15.3 Å². The highest BCUT2D eigenvalue weighted by molar-refractivity contribution is 6.01. The number of benzene rings is 1. The number of fused-ring (bicyclic) bond motifs is 5. The van der Waals surface area contributed by atoms with Crippen molar-refractivity contribution in [3.05, 3.63) is 64.5 Å². The number of hydrogen-bond acceptors (Lipinski definition) is 3. The number of ether oxygens (including phenoxy) is 1. The maximum Gasteiger partial charge on any atom is 0.416 e. The van der Waals surface area contributed by atoms with Gasteiger partial charge in [-0.15, -0.1) is 0 Å². The number of carbonyl (C=O) groups excluding carboxylic acids is 1. The van der Waals surface area contributed by atoms with Crippen molar-refractivity contribution < 1.29 is 22.7 Å². The summed E-state index contributed by atoms with van der Waals surface area (Å²) < 4.78 is 44.8. The summed E-state index contributed by atoms with van der Waals surface area (Å²) in [4.78, 5) is 20.7. The van der Waals surface area contributed by atoms with Gasteiger partial charge in [0.25, 0.3) is 5.91 Å². The highest BCUT2D eigenvalue weighted by Gasteiger charge is 2.46. The molecule has 0 bridgehead atoms. The molecule has 5 nitrogen and oxygen atoms in total. The van der Waals surface area contributed by atoms with Crippen LogP contribution in [0, 0.1) is 0 Å². The second-order valence-corrected chi connectivity index (χ2v) is 8.54. The molecule has 1 fully saturated rings. The molecule has 2 aliphatic heterocycles. The number of carbonyl (C=O) groups is 1. The Morgan fingerprint density at radius 1 is 1.13 bits per heavy atom. The van der Waals surface area contributed by atoms with Gasteiger partial charge in [-0.3, -0.25) is 9.78 Å². The number of aryl methyl sites for hydroxylation is 1. The molecule has 4 heterocycles. The molecule has 2 N–H and O–H groups in total. The Morgan fingerprint density at radius 2 is 1.97 bits per heavy atom. The molecule has 6 rings (SSSR count). The summed E-state index contributed by atoms with van der Waals surface area (Å²) in [5.41, 5.74) is 5.20. The maximum absolute atomic E-state index is 13.1. The average molecular weight is 425 g/mol. The number of halogens is 3. The summed E-state index contributed by atoms with van der Waals surface area (Å²) in [6.45, 7) is 1.00. The van der Waals surface area contributed by atoms with E-state index in [-0.39, 0.29) is 11.4 Å². The lowest BCUT2D eigenvalue weighted by Gasteiger charge is -2.44. The van der Waals surface area contributed by atoms with E-state index in [2.05, 4.69) is 15.3 Å². The zero-order valence-corrected chi connectivity index (χ0v) is 16.4. The lowest BCUT2D eigenvalue weighted by Crippen LogP contribution is -2.65. The Bertz CT molecular complexity index is 1240. The van der Waals surface area contributed by atoms with Gasteiger partial charge >= 0.3 is 6.18 Å². The van der Waals surface area contributed by atoms with E-state index in [1.807, 2.05) is 6.07 Å². The average Bonchev–Trinajstić information content (AvgIpc) is 3.11. The summed E-state index contributed by atoms with van der Waals surface area (Å²) in [6.07, 6.45) is -0.554. The third kappa shape index (κ3) is 2.81. The van der Waals surface area contributed by atoms with Gasteiger partial charge in [-0.1, -0.05) is 12.1 Å². The van der Waals surface area contributed by atoms with E-state index in [9.17, 15) is 18.0 Å². The van der Waals surface area contributed by atoms with Gasteiger partial charge in [0, 0.05) is 29.4 Å². The Kier molecular flexibility index (Phi) is 3.72. The molecule has 1 spiro atoms. The SMILES string of the molecule is O=C1NC2(COC2)Cc2[nH]c3c(c21)CCc1cnc(-c2cccc(C(F)(F)F)c2)cc1-3. The number of aromatic nitrogens is 2. The molecule has 1 amide bonds. The zero-order chi connectivity index (χ0) is 21.4. The molecule has 0 saturated carbocycles. The first-order valence-electron chi connectivity index (χ1n) is 10.1. The molecule has 0 atom stereocenters. The van der Waals surface area contributed by atoms with Crippen LogP contribution in [0.1, 0.15) is 32.7 Å². The van der Waals surface area contributed by atoms with Gasteiger partial charge in [-0.25, -0.2) is 0 Å². The second-order valence-electron chi connectivity index (χ2n) is 8.54. The molecule has 31 heavy (non-hydrogen) atoms. The Morgan fingerprint density at radius 3 is 2.71 bits per heavy atom. The molecular weight excluding hydrogens is 407 g/mol. The molecule has 158 valence electrons. The standard InChI is InChI=1S/C23H18F3N3O2/c24-23(25,26)14-3-1-2-12(6-14)17-7-16-13(9-27-17)4-5-15-19-18(28-20(15)16)8-22(10-31-11-22)29-21(19)30/h1-3,6-7,9,28H,4-5,8,10-11H2,(H,29,30). The lowest BCUT2D eigenvalue weighted by molar-refractivity contribution is -0.137. The van der Waals surface area contributed by atoms with Gasteiger partial charge in [0.1, 0.15) is 0 Å². The van der Waals surface area contributed by atoms with Crippen LogP contribution in [0.15, 0.2) is 36.5 Å². The monoisotopic (exact) mass is 425 g/mol. The summed E-state index contributed by atoms with van der Waals surface area (Å²) in [5, 5.41) is 3.10. The zero-order valence-electron chi connectivity index (χ0n) is 16.4. The van der Waals surface area contributed by atoms with Crippen LogP contribution in [-0.2, 0) is 30.2 Å². The fourth-order valence-corrected chi connectivity index (χ4v) is 4.88. The van der Waals surface area contributed by atoms with Crippen LogP contribution < -0.4 is 5.32 Å². The van der Waals surface area contributed by atoms with Crippen molar-refractivity contribution in [3.63, 3.8) is 0 Å². The van der Waals surface area contributed by atoms with Gasteiger partial charge in [0.05, 0.1) is 41.3 Å². The van der Waals surface area contributed by atoms with E-state index in [1.165, 1.54) is 6.07 Å². The Balaban J connectivity index is 1.45. The van der Waals surface area contributed by atoms with Crippen molar-refractivity contribution in [2.45, 2.75) is 31.0 Å². The predicted molar refractivity (Wildman–Crippen MR) is 107 cm³/mol. The fourth-order valence-electron chi connectivity index (χ4n) is 4.88. The molecule has 3 aliphatic rings. The minimum atomic E-state index is -4.41. The topological polar surface area (TPSA) is 67.0 Å². The summed E-state index contributed by atoms with van der Waals surface area (Å²) in [5.74, 6) is -0.0855. The summed E-state index contributed by atoms with van der Waals surface area (Å²) in [7, 11) is 0. The molecule has 8 heteroatoms. The number of aromatic amines is 1. The third-order valence-electron chi connectivity index (χ3n) is 6.44. The minimum Gasteiger partial charge on any atom is -0.376 e. The summed E-state index contributed by atoms with van der Waals surface area (Å²) >= 11 is 0. The van der Waals surface area contributed by atoms with Gasteiger partial charge in [0.15, 0.2) is 0 Å². The molecule has 2 aromatic heterocycles. The third-order valence-corrected chi connectivity index (χ3v) is 6.44. The number of H-pyrrole nitrogens is 1. The number of alkyl halides is 3. The maximum atomic E-state index is 13.1. The van der Waals surface area contributed by atoms with E-state index in [0.717, 1.165) is 53.1 Å². The smallest absolute Gasteiger partial charge is 0.376 e. The second kappa shape index (κ2) is 6.20. The molecule has 0 radical (unpaired) electrons. The van der Waals surface area contributed by atoms with E-state index < -0.39 is 11.7 Å². The van der Waals surface area contributed by atoms with Crippen LogP contribution in [0.4, 0.5) is 13.2 Å². The van der Waals surface area contributed by atoms with Gasteiger partial charge in [0.2, 0.25) is 0 Å². The van der Waals surface area contributed by atoms with Crippen molar-refractivity contribution in [2.24, 2.45) is 0 Å². The largest absolute Gasteiger partial charge is 0.416 e. The number of hydrogen-bond donors (Lipinski definition) is 2. The number of rotatable bonds is 1. The minimum absolute atomic E-state index is 0.0855.